The molecule has 0 aliphatic heterocycles. The van der Waals surface area contributed by atoms with Crippen molar-refractivity contribution in [2.75, 3.05) is 10.6 Å². The number of pyridine rings is 2. The number of halogens is 2. The maximum Gasteiger partial charge on any atom is 0.319 e. The van der Waals surface area contributed by atoms with Gasteiger partial charge in [0.25, 0.3) is 0 Å². The summed E-state index contributed by atoms with van der Waals surface area (Å²) >= 11 is 13.3. The van der Waals surface area contributed by atoms with Crippen molar-refractivity contribution >= 4 is 68.6 Å². The second-order valence-corrected chi connectivity index (χ2v) is 11.5. The van der Waals surface area contributed by atoms with Gasteiger partial charge in [-0.25, -0.2) is 19.7 Å². The van der Waals surface area contributed by atoms with Crippen LogP contribution in [0.1, 0.15) is 19.8 Å². The lowest BCUT2D eigenvalue weighted by Gasteiger charge is -2.08. The van der Waals surface area contributed by atoms with E-state index < -0.39 is 0 Å². The molecular formula is C29H24Cl2N8O2S. The maximum absolute atomic E-state index is 11.9. The summed E-state index contributed by atoms with van der Waals surface area (Å²) in [6.07, 6.45) is 11.2. The number of fused-ring (bicyclic) bond motifs is 2. The second kappa shape index (κ2) is 11.8. The summed E-state index contributed by atoms with van der Waals surface area (Å²) < 4.78 is 3.90. The van der Waals surface area contributed by atoms with E-state index in [0.717, 1.165) is 51.7 Å². The molecule has 0 unspecified atom stereocenters. The Morgan fingerprint density at radius 1 is 0.857 bits per heavy atom. The number of carbonyl (C=O) groups excluding carboxylic acids is 2. The third-order valence-electron chi connectivity index (χ3n) is 6.32. The van der Waals surface area contributed by atoms with E-state index in [0.29, 0.717) is 21.2 Å². The van der Waals surface area contributed by atoms with Crippen molar-refractivity contribution in [2.45, 2.75) is 25.8 Å². The fourth-order valence-electron chi connectivity index (χ4n) is 4.24. The molecule has 1 saturated carbocycles. The van der Waals surface area contributed by atoms with Gasteiger partial charge in [-0.15, -0.1) is 0 Å². The molecule has 0 spiro atoms. The van der Waals surface area contributed by atoms with Crippen molar-refractivity contribution in [3.8, 4) is 21.8 Å². The number of nitrogens with one attached hydrogen (secondary N) is 3. The van der Waals surface area contributed by atoms with Crippen molar-refractivity contribution in [1.29, 1.82) is 0 Å². The fraction of sp³-hybridized carbons (Fsp3) is 0.138. The minimum absolute atomic E-state index is 0.133. The van der Waals surface area contributed by atoms with Crippen LogP contribution < -0.4 is 16.0 Å². The number of hydrogen-bond acceptors (Lipinski definition) is 6. The normalized spacial score (nSPS) is 12.5. The van der Waals surface area contributed by atoms with Gasteiger partial charge in [-0.2, -0.15) is 0 Å². The van der Waals surface area contributed by atoms with Crippen LogP contribution in [-0.4, -0.2) is 41.7 Å². The molecule has 5 aromatic heterocycles. The Balaban J connectivity index is 0.000000153. The number of anilines is 2. The molecule has 1 aliphatic carbocycles. The molecule has 42 heavy (non-hydrogen) atoms. The molecule has 5 heterocycles. The van der Waals surface area contributed by atoms with Gasteiger partial charge in [0.05, 0.1) is 28.7 Å². The number of imidazole rings is 2. The van der Waals surface area contributed by atoms with Crippen molar-refractivity contribution in [2.24, 2.45) is 0 Å². The molecule has 7 rings (SSSR count). The molecule has 0 saturated heterocycles. The number of hydrogen-bond donors (Lipinski definition) is 3. The molecule has 10 nitrogen and oxygen atoms in total. The van der Waals surface area contributed by atoms with E-state index in [2.05, 4.69) is 30.9 Å². The second-order valence-electron chi connectivity index (χ2n) is 9.60. The molecule has 0 radical (unpaired) electrons. The number of carbonyl (C=O) groups is 2. The van der Waals surface area contributed by atoms with Crippen molar-refractivity contribution in [3.05, 3.63) is 89.6 Å². The quantitative estimate of drug-likeness (QED) is 0.192. The predicted molar refractivity (Wildman–Crippen MR) is 166 cm³/mol. The molecule has 13 heteroatoms. The highest BCUT2D eigenvalue weighted by Crippen LogP contribution is 2.30. The SMILES string of the molecule is CC(=O)Nc1ncc(-c2cnc3cc(Cl)ccn23)s1.O=C(Nc1cccc(-c2cnc3cc(Cl)ccn23)c1)NC1CC1. The van der Waals surface area contributed by atoms with Gasteiger partial charge in [-0.1, -0.05) is 46.7 Å². The summed E-state index contributed by atoms with van der Waals surface area (Å²) in [5.74, 6) is -0.133. The van der Waals surface area contributed by atoms with Crippen LogP contribution in [0.25, 0.3) is 33.1 Å². The Morgan fingerprint density at radius 2 is 1.52 bits per heavy atom. The monoisotopic (exact) mass is 618 g/mol. The Kier molecular flexibility index (Phi) is 7.79. The van der Waals surface area contributed by atoms with Gasteiger partial charge in [-0.05, 0) is 37.1 Å². The lowest BCUT2D eigenvalue weighted by Crippen LogP contribution is -2.30. The van der Waals surface area contributed by atoms with Crippen molar-refractivity contribution in [1.82, 2.24) is 29.1 Å². The molecule has 6 aromatic rings. The van der Waals surface area contributed by atoms with E-state index in [4.69, 9.17) is 23.2 Å². The number of amides is 3. The average molecular weight is 620 g/mol. The molecule has 1 aromatic carbocycles. The van der Waals surface area contributed by atoms with Crippen LogP contribution in [0.2, 0.25) is 10.0 Å². The van der Waals surface area contributed by atoms with E-state index in [1.54, 1.807) is 30.7 Å². The van der Waals surface area contributed by atoms with E-state index in [-0.39, 0.29) is 11.9 Å². The van der Waals surface area contributed by atoms with Gasteiger partial charge in [0.2, 0.25) is 5.91 Å². The Bertz CT molecular complexity index is 1930. The Labute approximate surface area is 254 Å². The van der Waals surface area contributed by atoms with Gasteiger partial charge in [-0.3, -0.25) is 13.6 Å². The van der Waals surface area contributed by atoms with Crippen LogP contribution in [0.4, 0.5) is 15.6 Å². The highest BCUT2D eigenvalue weighted by molar-refractivity contribution is 7.19. The van der Waals surface area contributed by atoms with Gasteiger partial charge < -0.3 is 16.0 Å². The summed E-state index contributed by atoms with van der Waals surface area (Å²) in [5.41, 5.74) is 5.16. The molecule has 1 aliphatic rings. The van der Waals surface area contributed by atoms with Gasteiger partial charge in [0, 0.05) is 65.0 Å². The summed E-state index contributed by atoms with van der Waals surface area (Å²) in [6, 6.07) is 15.1. The Morgan fingerprint density at radius 3 is 2.19 bits per heavy atom. The number of thiazole rings is 1. The van der Waals surface area contributed by atoms with Crippen LogP contribution in [0.5, 0.6) is 0 Å². The van der Waals surface area contributed by atoms with Crippen LogP contribution in [0.15, 0.2) is 79.5 Å². The minimum Gasteiger partial charge on any atom is -0.335 e. The van der Waals surface area contributed by atoms with E-state index >= 15 is 0 Å². The number of aromatic nitrogens is 5. The first-order valence-electron chi connectivity index (χ1n) is 13.0. The van der Waals surface area contributed by atoms with Gasteiger partial charge in [0.1, 0.15) is 11.3 Å². The van der Waals surface area contributed by atoms with E-state index in [9.17, 15) is 9.59 Å². The first kappa shape index (κ1) is 27.7. The average Bonchev–Trinajstić information content (AvgIpc) is 3.31. The third-order valence-corrected chi connectivity index (χ3v) is 7.73. The fourth-order valence-corrected chi connectivity index (χ4v) is 5.42. The summed E-state index contributed by atoms with van der Waals surface area (Å²) in [5, 5.41) is 10.3. The van der Waals surface area contributed by atoms with Crippen LogP contribution >= 0.6 is 34.5 Å². The molecule has 3 amide bonds. The maximum atomic E-state index is 11.9. The highest BCUT2D eigenvalue weighted by atomic mass is 35.5. The van der Waals surface area contributed by atoms with Crippen LogP contribution in [0.3, 0.4) is 0 Å². The molecule has 212 valence electrons. The lowest BCUT2D eigenvalue weighted by atomic mass is 10.1. The first-order chi connectivity index (χ1) is 20.3. The van der Waals surface area contributed by atoms with Crippen molar-refractivity contribution in [3.63, 3.8) is 0 Å². The van der Waals surface area contributed by atoms with E-state index in [1.807, 2.05) is 57.6 Å². The minimum atomic E-state index is -0.158. The molecule has 0 bridgehead atoms. The van der Waals surface area contributed by atoms with Gasteiger partial charge in [0.15, 0.2) is 5.13 Å². The third kappa shape index (κ3) is 6.38. The summed E-state index contributed by atoms with van der Waals surface area (Å²) in [4.78, 5) is 36.6. The smallest absolute Gasteiger partial charge is 0.319 e. The molecular weight excluding hydrogens is 595 g/mol. The zero-order valence-corrected chi connectivity index (χ0v) is 24.5. The van der Waals surface area contributed by atoms with Gasteiger partial charge >= 0.3 is 6.03 Å². The lowest BCUT2D eigenvalue weighted by molar-refractivity contribution is -0.114. The molecule has 0 atom stereocenters. The largest absolute Gasteiger partial charge is 0.335 e. The zero-order valence-electron chi connectivity index (χ0n) is 22.2. The van der Waals surface area contributed by atoms with Crippen LogP contribution in [0, 0.1) is 0 Å². The molecule has 1 fully saturated rings. The Hall–Kier alpha value is -4.45. The molecule has 3 N–H and O–H groups in total. The topological polar surface area (TPSA) is 118 Å². The number of rotatable bonds is 5. The van der Waals surface area contributed by atoms with Crippen LogP contribution in [-0.2, 0) is 4.79 Å². The standard InChI is InChI=1S/C17H15ClN4O.C12H9ClN4OS/c18-12-6-7-22-15(10-19-16(22)9-12)11-2-1-3-14(8-11)21-17(23)20-13-4-5-13;1-7(18)16-12-15-6-10(19-12)9-5-14-11-4-8(13)2-3-17(9)11/h1-3,6-10,13H,4-5H2,(H2,20,21,23);2-6H,1H3,(H,15,16,18). The number of urea groups is 1. The first-order valence-corrected chi connectivity index (χ1v) is 14.6. The number of nitrogens with zero attached hydrogens (tertiary/aromatic N) is 5. The number of benzene rings is 1. The summed E-state index contributed by atoms with van der Waals surface area (Å²) in [7, 11) is 0. The van der Waals surface area contributed by atoms with E-state index in [1.165, 1.54) is 18.3 Å². The van der Waals surface area contributed by atoms with Crippen molar-refractivity contribution < 1.29 is 9.59 Å². The predicted octanol–water partition coefficient (Wildman–Crippen LogP) is 7.01. The summed E-state index contributed by atoms with van der Waals surface area (Å²) in [6.45, 7) is 1.46. The highest BCUT2D eigenvalue weighted by Gasteiger charge is 2.23. The zero-order chi connectivity index (χ0) is 29.2.